The predicted octanol–water partition coefficient (Wildman–Crippen LogP) is 4.28. The van der Waals surface area contributed by atoms with Crippen molar-refractivity contribution in [2.75, 3.05) is 4.72 Å². The lowest BCUT2D eigenvalue weighted by molar-refractivity contribution is -0.118. The molecule has 0 spiro atoms. The molecule has 0 aliphatic heterocycles. The number of ketones is 1. The molecule has 0 saturated heterocycles. The molecule has 0 fully saturated rings. The van der Waals surface area contributed by atoms with Gasteiger partial charge in [-0.25, -0.2) is 8.42 Å². The van der Waals surface area contributed by atoms with Crippen molar-refractivity contribution in [1.29, 1.82) is 0 Å². The van der Waals surface area contributed by atoms with Crippen molar-refractivity contribution >= 4 is 33.1 Å². The number of carbonyl (C=O) groups excluding carboxylic acids is 1. The molecule has 3 rings (SSSR count). The molecule has 0 saturated carbocycles. The Hall–Kier alpha value is -2.70. The molecular weight excluding hydrogens is 396 g/mol. The second kappa shape index (κ2) is 8.99. The molecule has 0 aliphatic carbocycles. The maximum atomic E-state index is 12.5. The summed E-state index contributed by atoms with van der Waals surface area (Å²) in [6.07, 6.45) is 4.85. The Morgan fingerprint density at radius 1 is 0.964 bits per heavy atom. The first-order chi connectivity index (χ1) is 13.4. The molecular formula is C21H19ClN2O3S. The summed E-state index contributed by atoms with van der Waals surface area (Å²) in [7, 11) is -3.77. The molecule has 144 valence electrons. The fraction of sp³-hybridized carbons (Fsp3) is 0.143. The monoisotopic (exact) mass is 414 g/mol. The lowest BCUT2D eigenvalue weighted by Crippen LogP contribution is -2.13. The van der Waals surface area contributed by atoms with E-state index in [1.165, 1.54) is 12.1 Å². The highest BCUT2D eigenvalue weighted by Gasteiger charge is 2.17. The Morgan fingerprint density at radius 2 is 1.71 bits per heavy atom. The number of halogens is 1. The van der Waals surface area contributed by atoms with Crippen LogP contribution in [0.5, 0.6) is 0 Å². The first-order valence-electron chi connectivity index (χ1n) is 8.71. The summed E-state index contributed by atoms with van der Waals surface area (Å²) in [5.74, 6) is 0.119. The van der Waals surface area contributed by atoms with Gasteiger partial charge in [0.1, 0.15) is 10.7 Å². The first-order valence-corrected chi connectivity index (χ1v) is 10.6. The minimum Gasteiger partial charge on any atom is -0.299 e. The molecule has 0 bridgehead atoms. The molecule has 3 aromatic rings. The van der Waals surface area contributed by atoms with E-state index in [9.17, 15) is 13.2 Å². The minimum absolute atomic E-state index is 0.0197. The summed E-state index contributed by atoms with van der Waals surface area (Å²) in [5, 5.41) is 0.158. The number of Topliss-reactive ketones (excluding diaryl/α,β-unsaturated/α-hetero) is 1. The summed E-state index contributed by atoms with van der Waals surface area (Å²) in [6.45, 7) is 0. The van der Waals surface area contributed by atoms with Crippen molar-refractivity contribution in [1.82, 2.24) is 4.98 Å². The minimum atomic E-state index is -3.77. The number of hydrogen-bond acceptors (Lipinski definition) is 4. The van der Waals surface area contributed by atoms with Crippen molar-refractivity contribution in [3.8, 4) is 0 Å². The number of aromatic nitrogens is 1. The number of rotatable bonds is 8. The number of pyridine rings is 1. The van der Waals surface area contributed by atoms with Crippen LogP contribution in [0.15, 0.2) is 78.0 Å². The standard InChI is InChI=1S/C21H19ClN2O3S/c22-20-5-1-2-6-21(20)28(26,27)24-18-10-7-16(8-11-18)14-19(25)12-9-17-4-3-13-23-15-17/h1-8,10-11,13,15,24H,9,12,14H2. The number of sulfonamides is 1. The number of aryl methyl sites for hydroxylation is 1. The maximum absolute atomic E-state index is 12.5. The van der Waals surface area contributed by atoms with Gasteiger partial charge in [-0.3, -0.25) is 14.5 Å². The number of hydrogen-bond donors (Lipinski definition) is 1. The van der Waals surface area contributed by atoms with Crippen molar-refractivity contribution in [2.24, 2.45) is 0 Å². The van der Waals surface area contributed by atoms with E-state index in [-0.39, 0.29) is 15.7 Å². The number of anilines is 1. The highest BCUT2D eigenvalue weighted by atomic mass is 35.5. The van der Waals surface area contributed by atoms with E-state index < -0.39 is 10.0 Å². The normalized spacial score (nSPS) is 11.2. The average Bonchev–Trinajstić information content (AvgIpc) is 2.69. The van der Waals surface area contributed by atoms with E-state index in [2.05, 4.69) is 9.71 Å². The van der Waals surface area contributed by atoms with Crippen LogP contribution in [-0.2, 0) is 27.7 Å². The van der Waals surface area contributed by atoms with E-state index >= 15 is 0 Å². The highest BCUT2D eigenvalue weighted by Crippen LogP contribution is 2.23. The summed E-state index contributed by atoms with van der Waals surface area (Å²) in [6, 6.07) is 16.8. The fourth-order valence-corrected chi connectivity index (χ4v) is 4.29. The van der Waals surface area contributed by atoms with Crippen LogP contribution in [-0.4, -0.2) is 19.2 Å². The van der Waals surface area contributed by atoms with Gasteiger partial charge in [0.2, 0.25) is 0 Å². The number of nitrogens with zero attached hydrogens (tertiary/aromatic N) is 1. The van der Waals surface area contributed by atoms with E-state index in [0.29, 0.717) is 24.9 Å². The molecule has 0 unspecified atom stereocenters. The summed E-state index contributed by atoms with van der Waals surface area (Å²) >= 11 is 5.97. The summed E-state index contributed by atoms with van der Waals surface area (Å²) in [5.41, 5.74) is 2.27. The largest absolute Gasteiger partial charge is 0.299 e. The van der Waals surface area contributed by atoms with Gasteiger partial charge >= 0.3 is 0 Å². The van der Waals surface area contributed by atoms with Gasteiger partial charge in [-0.15, -0.1) is 0 Å². The van der Waals surface area contributed by atoms with Gasteiger partial charge in [0.05, 0.1) is 5.02 Å². The fourth-order valence-electron chi connectivity index (χ4n) is 2.71. The Balaban J connectivity index is 1.59. The van der Waals surface area contributed by atoms with Gasteiger partial charge in [0.25, 0.3) is 10.0 Å². The van der Waals surface area contributed by atoms with E-state index in [4.69, 9.17) is 11.6 Å². The molecule has 0 aliphatic rings. The van der Waals surface area contributed by atoms with Crippen molar-refractivity contribution in [3.05, 3.63) is 89.2 Å². The molecule has 7 heteroatoms. The van der Waals surface area contributed by atoms with Crippen molar-refractivity contribution in [2.45, 2.75) is 24.2 Å². The second-order valence-corrected chi connectivity index (χ2v) is 8.37. The third kappa shape index (κ3) is 5.41. The Morgan fingerprint density at radius 3 is 2.39 bits per heavy atom. The molecule has 0 atom stereocenters. The van der Waals surface area contributed by atoms with Gasteiger partial charge in [-0.2, -0.15) is 0 Å². The molecule has 28 heavy (non-hydrogen) atoms. The van der Waals surface area contributed by atoms with Crippen molar-refractivity contribution in [3.63, 3.8) is 0 Å². The van der Waals surface area contributed by atoms with Crippen LogP contribution in [0.4, 0.5) is 5.69 Å². The number of carbonyl (C=O) groups is 1. The predicted molar refractivity (Wildman–Crippen MR) is 110 cm³/mol. The number of nitrogens with one attached hydrogen (secondary N) is 1. The quantitative estimate of drug-likeness (QED) is 0.596. The Bertz CT molecular complexity index is 1050. The molecule has 2 aromatic carbocycles. The molecule has 1 aromatic heterocycles. The van der Waals surface area contributed by atoms with Gasteiger partial charge in [0, 0.05) is 30.9 Å². The maximum Gasteiger partial charge on any atom is 0.263 e. The highest BCUT2D eigenvalue weighted by molar-refractivity contribution is 7.92. The van der Waals surface area contributed by atoms with Crippen LogP contribution in [0.25, 0.3) is 0 Å². The lowest BCUT2D eigenvalue weighted by Gasteiger charge is -2.10. The zero-order valence-corrected chi connectivity index (χ0v) is 16.6. The number of benzene rings is 2. The van der Waals surface area contributed by atoms with Crippen LogP contribution in [0.1, 0.15) is 17.5 Å². The topological polar surface area (TPSA) is 76.1 Å². The van der Waals surface area contributed by atoms with Gasteiger partial charge in [-0.1, -0.05) is 41.9 Å². The van der Waals surface area contributed by atoms with E-state index in [1.54, 1.807) is 48.8 Å². The molecule has 5 nitrogen and oxygen atoms in total. The van der Waals surface area contributed by atoms with Gasteiger partial charge < -0.3 is 0 Å². The van der Waals surface area contributed by atoms with E-state index in [0.717, 1.165) is 11.1 Å². The van der Waals surface area contributed by atoms with E-state index in [1.807, 2.05) is 12.1 Å². The SMILES string of the molecule is O=C(CCc1cccnc1)Cc1ccc(NS(=O)(=O)c2ccccc2Cl)cc1. The summed E-state index contributed by atoms with van der Waals surface area (Å²) < 4.78 is 27.4. The zero-order valence-electron chi connectivity index (χ0n) is 15.0. The van der Waals surface area contributed by atoms with Crippen LogP contribution < -0.4 is 4.72 Å². The molecule has 0 radical (unpaired) electrons. The Kier molecular flexibility index (Phi) is 6.44. The van der Waals surface area contributed by atoms with Crippen LogP contribution >= 0.6 is 11.6 Å². The third-order valence-corrected chi connectivity index (χ3v) is 6.03. The van der Waals surface area contributed by atoms with Crippen LogP contribution in [0, 0.1) is 0 Å². The molecule has 0 amide bonds. The smallest absolute Gasteiger partial charge is 0.263 e. The van der Waals surface area contributed by atoms with Gasteiger partial charge in [0.15, 0.2) is 0 Å². The third-order valence-electron chi connectivity index (χ3n) is 4.15. The molecule has 1 N–H and O–H groups in total. The second-order valence-electron chi connectivity index (χ2n) is 6.31. The molecule has 1 heterocycles. The lowest BCUT2D eigenvalue weighted by atomic mass is 10.0. The summed E-state index contributed by atoms with van der Waals surface area (Å²) in [4.78, 5) is 16.2. The zero-order chi connectivity index (χ0) is 20.0. The van der Waals surface area contributed by atoms with Crippen LogP contribution in [0.3, 0.4) is 0 Å². The van der Waals surface area contributed by atoms with Crippen LogP contribution in [0.2, 0.25) is 5.02 Å². The first kappa shape index (κ1) is 20.0. The van der Waals surface area contributed by atoms with Gasteiger partial charge in [-0.05, 0) is 47.9 Å². The Labute approximate surface area is 169 Å². The van der Waals surface area contributed by atoms with Crippen molar-refractivity contribution < 1.29 is 13.2 Å². The average molecular weight is 415 g/mol.